The normalized spacial score (nSPS) is 12.6. The summed E-state index contributed by atoms with van der Waals surface area (Å²) in [4.78, 5) is 33.7. The van der Waals surface area contributed by atoms with Crippen LogP contribution in [0.5, 0.6) is 0 Å². The summed E-state index contributed by atoms with van der Waals surface area (Å²) in [6.45, 7) is 9.61. The van der Waals surface area contributed by atoms with E-state index in [1.54, 1.807) is 18.2 Å². The lowest BCUT2D eigenvalue weighted by Gasteiger charge is -2.16. The number of amides is 1. The second kappa shape index (κ2) is 10.1. The van der Waals surface area contributed by atoms with Crippen LogP contribution in [0.15, 0.2) is 52.0 Å². The van der Waals surface area contributed by atoms with E-state index in [0.717, 1.165) is 6.08 Å². The maximum atomic E-state index is 12.9. The van der Waals surface area contributed by atoms with Crippen molar-refractivity contribution in [1.29, 1.82) is 0 Å². The van der Waals surface area contributed by atoms with Gasteiger partial charge in [-0.05, 0) is 43.3 Å². The largest absolute Gasteiger partial charge is 0.433 e. The van der Waals surface area contributed by atoms with Crippen LogP contribution in [-0.4, -0.2) is 28.8 Å². The third kappa shape index (κ3) is 6.40. The Kier molecular flexibility index (Phi) is 7.74. The zero-order chi connectivity index (χ0) is 24.1. The van der Waals surface area contributed by atoms with Crippen LogP contribution in [-0.2, 0) is 4.79 Å². The fraction of sp³-hybridized carbons (Fsp3) is 0.273. The van der Waals surface area contributed by atoms with Crippen LogP contribution in [0.25, 0.3) is 5.57 Å². The highest BCUT2D eigenvalue weighted by molar-refractivity contribution is 5.88. The number of halogens is 3. The fourth-order valence-electron chi connectivity index (χ4n) is 2.84. The monoisotopic (exact) mass is 447 g/mol. The molecule has 3 N–H and O–H groups in total. The van der Waals surface area contributed by atoms with Gasteiger partial charge in [0.2, 0.25) is 5.91 Å². The van der Waals surface area contributed by atoms with Crippen molar-refractivity contribution < 1.29 is 18.0 Å². The summed E-state index contributed by atoms with van der Waals surface area (Å²) >= 11 is 0. The molecular formula is C22H24F3N5O2. The van der Waals surface area contributed by atoms with Crippen molar-refractivity contribution in [2.45, 2.75) is 39.8 Å². The molecule has 0 aliphatic heterocycles. The Hall–Kier alpha value is -3.69. The molecule has 170 valence electrons. The number of aliphatic imine (C=N–C) groups is 1. The SMILES string of the molecule is C=N/C(=C\C=C(/C)c1cc(Nc2ccnc(NC(C)=O)c2)c(C(C)C)[nH]c1=O)C(F)(F)F. The van der Waals surface area contributed by atoms with Crippen LogP contribution < -0.4 is 16.2 Å². The van der Waals surface area contributed by atoms with Crippen molar-refractivity contribution in [3.05, 3.63) is 63.9 Å². The van der Waals surface area contributed by atoms with E-state index in [1.165, 1.54) is 26.1 Å². The van der Waals surface area contributed by atoms with Crippen LogP contribution in [0.1, 0.15) is 44.9 Å². The highest BCUT2D eigenvalue weighted by Crippen LogP contribution is 2.29. The van der Waals surface area contributed by atoms with Gasteiger partial charge in [-0.1, -0.05) is 19.9 Å². The summed E-state index contributed by atoms with van der Waals surface area (Å²) in [5.74, 6) is 0.0165. The first-order valence-corrected chi connectivity index (χ1v) is 9.63. The molecule has 0 spiro atoms. The number of aromatic nitrogens is 2. The molecule has 0 bridgehead atoms. The number of nitrogens with one attached hydrogen (secondary N) is 3. The highest BCUT2D eigenvalue weighted by Gasteiger charge is 2.32. The van der Waals surface area contributed by atoms with Crippen LogP contribution >= 0.6 is 0 Å². The van der Waals surface area contributed by atoms with E-state index < -0.39 is 17.4 Å². The minimum Gasteiger partial charge on any atom is -0.354 e. The van der Waals surface area contributed by atoms with E-state index in [0.29, 0.717) is 28.5 Å². The van der Waals surface area contributed by atoms with Gasteiger partial charge in [0.1, 0.15) is 11.5 Å². The molecule has 0 saturated carbocycles. The number of aromatic amines is 1. The standard InChI is InChI=1S/C22H24F3N5O2/c1-12(2)20-17(29-15-8-9-27-19(10-15)28-14(4)31)11-16(21(32)30-20)13(3)6-7-18(26-5)22(23,24)25/h6-12H,5H2,1-4H3,(H,30,32)(H2,27,28,29,31)/b13-6+,18-7-. The Labute approximate surface area is 183 Å². The number of anilines is 3. The van der Waals surface area contributed by atoms with Gasteiger partial charge in [-0.15, -0.1) is 0 Å². The average molecular weight is 447 g/mol. The molecule has 0 aliphatic rings. The van der Waals surface area contributed by atoms with Crippen LogP contribution in [0, 0.1) is 0 Å². The van der Waals surface area contributed by atoms with E-state index in [4.69, 9.17) is 0 Å². The first kappa shape index (κ1) is 24.6. The Bertz CT molecular complexity index is 1130. The molecule has 0 aliphatic carbocycles. The first-order valence-electron chi connectivity index (χ1n) is 9.63. The number of carbonyl (C=O) groups excluding carboxylic acids is 1. The number of carbonyl (C=O) groups is 1. The maximum Gasteiger partial charge on any atom is 0.433 e. The Balaban J connectivity index is 2.51. The van der Waals surface area contributed by atoms with Gasteiger partial charge in [0.05, 0.1) is 5.69 Å². The van der Waals surface area contributed by atoms with Crippen molar-refractivity contribution in [2.24, 2.45) is 4.99 Å². The molecule has 0 saturated heterocycles. The smallest absolute Gasteiger partial charge is 0.354 e. The van der Waals surface area contributed by atoms with Crippen LogP contribution in [0.4, 0.5) is 30.4 Å². The molecule has 2 aromatic rings. The minimum atomic E-state index is -4.65. The van der Waals surface area contributed by atoms with E-state index in [1.807, 2.05) is 13.8 Å². The quantitative estimate of drug-likeness (QED) is 0.404. The molecule has 2 rings (SSSR count). The number of hydrogen-bond donors (Lipinski definition) is 3. The molecule has 0 radical (unpaired) electrons. The number of pyridine rings is 2. The molecule has 32 heavy (non-hydrogen) atoms. The Morgan fingerprint density at radius 3 is 2.50 bits per heavy atom. The fourth-order valence-corrected chi connectivity index (χ4v) is 2.84. The number of alkyl halides is 3. The van der Waals surface area contributed by atoms with E-state index >= 15 is 0 Å². The zero-order valence-electron chi connectivity index (χ0n) is 18.1. The molecule has 2 heterocycles. The number of allylic oxidation sites excluding steroid dienone is 4. The summed E-state index contributed by atoms with van der Waals surface area (Å²) < 4.78 is 38.6. The third-order valence-corrected chi connectivity index (χ3v) is 4.37. The summed E-state index contributed by atoms with van der Waals surface area (Å²) in [5.41, 5.74) is 0.676. The van der Waals surface area contributed by atoms with Gasteiger partial charge in [-0.3, -0.25) is 14.6 Å². The predicted octanol–water partition coefficient (Wildman–Crippen LogP) is 5.15. The molecule has 10 heteroatoms. The number of hydrogen-bond acceptors (Lipinski definition) is 5. The second-order valence-electron chi connectivity index (χ2n) is 7.29. The van der Waals surface area contributed by atoms with Crippen LogP contribution in [0.3, 0.4) is 0 Å². The molecule has 0 aromatic carbocycles. The van der Waals surface area contributed by atoms with Gasteiger partial charge in [0.25, 0.3) is 5.56 Å². The molecule has 1 amide bonds. The van der Waals surface area contributed by atoms with Gasteiger partial charge < -0.3 is 15.6 Å². The summed E-state index contributed by atoms with van der Waals surface area (Å²) in [6.07, 6.45) is -1.20. The number of rotatable bonds is 7. The Morgan fingerprint density at radius 2 is 1.94 bits per heavy atom. The minimum absolute atomic E-state index is 0.0538. The lowest BCUT2D eigenvalue weighted by atomic mass is 10.0. The number of H-pyrrole nitrogens is 1. The molecule has 0 atom stereocenters. The summed E-state index contributed by atoms with van der Waals surface area (Å²) in [5, 5.41) is 5.76. The van der Waals surface area contributed by atoms with Crippen molar-refractivity contribution in [3.8, 4) is 0 Å². The Morgan fingerprint density at radius 1 is 1.25 bits per heavy atom. The van der Waals surface area contributed by atoms with Crippen molar-refractivity contribution >= 4 is 35.4 Å². The summed E-state index contributed by atoms with van der Waals surface area (Å²) in [6, 6.07) is 4.87. The van der Waals surface area contributed by atoms with Crippen LogP contribution in [0.2, 0.25) is 0 Å². The van der Waals surface area contributed by atoms with Crippen molar-refractivity contribution in [3.63, 3.8) is 0 Å². The van der Waals surface area contributed by atoms with E-state index in [9.17, 15) is 22.8 Å². The van der Waals surface area contributed by atoms with E-state index in [2.05, 4.69) is 32.3 Å². The third-order valence-electron chi connectivity index (χ3n) is 4.37. The van der Waals surface area contributed by atoms with Gasteiger partial charge in [0.15, 0.2) is 0 Å². The highest BCUT2D eigenvalue weighted by atomic mass is 19.4. The second-order valence-corrected chi connectivity index (χ2v) is 7.29. The first-order chi connectivity index (χ1) is 14.9. The molecule has 0 fully saturated rings. The average Bonchev–Trinajstić information content (AvgIpc) is 2.67. The lowest BCUT2D eigenvalue weighted by Crippen LogP contribution is -2.16. The van der Waals surface area contributed by atoms with Gasteiger partial charge in [-0.25, -0.2) is 4.98 Å². The number of nitrogens with zero attached hydrogens (tertiary/aromatic N) is 2. The maximum absolute atomic E-state index is 12.9. The molecule has 7 nitrogen and oxygen atoms in total. The van der Waals surface area contributed by atoms with Crippen molar-refractivity contribution in [2.75, 3.05) is 10.6 Å². The molecular weight excluding hydrogens is 423 g/mol. The van der Waals surface area contributed by atoms with E-state index in [-0.39, 0.29) is 17.4 Å². The zero-order valence-corrected chi connectivity index (χ0v) is 18.1. The predicted molar refractivity (Wildman–Crippen MR) is 120 cm³/mol. The summed E-state index contributed by atoms with van der Waals surface area (Å²) in [7, 11) is 0. The topological polar surface area (TPSA) is 99.2 Å². The lowest BCUT2D eigenvalue weighted by molar-refractivity contribution is -0.114. The van der Waals surface area contributed by atoms with Gasteiger partial charge in [-0.2, -0.15) is 13.2 Å². The van der Waals surface area contributed by atoms with Crippen molar-refractivity contribution in [1.82, 2.24) is 9.97 Å². The van der Waals surface area contributed by atoms with Gasteiger partial charge >= 0.3 is 6.18 Å². The van der Waals surface area contributed by atoms with Gasteiger partial charge in [0, 0.05) is 36.1 Å². The molecule has 2 aromatic heterocycles. The molecule has 0 unspecified atom stereocenters.